The summed E-state index contributed by atoms with van der Waals surface area (Å²) in [4.78, 5) is 4.86. The lowest BCUT2D eigenvalue weighted by Crippen LogP contribution is -2.06. The van der Waals surface area contributed by atoms with E-state index < -0.39 is 0 Å². The van der Waals surface area contributed by atoms with E-state index in [4.69, 9.17) is 10.7 Å². The minimum atomic E-state index is 0.886. The van der Waals surface area contributed by atoms with Crippen LogP contribution in [0.25, 0.3) is 10.9 Å². The third-order valence-corrected chi connectivity index (χ3v) is 3.90. The molecule has 0 saturated heterocycles. The highest BCUT2D eigenvalue weighted by molar-refractivity contribution is 5.93. The van der Waals surface area contributed by atoms with Crippen LogP contribution in [0.2, 0.25) is 0 Å². The maximum Gasteiger partial charge on any atom is 0.0760 e. The number of hydrogen-bond acceptors (Lipinski definition) is 2. The van der Waals surface area contributed by atoms with Crippen molar-refractivity contribution in [1.29, 1.82) is 0 Å². The second-order valence-electron chi connectivity index (χ2n) is 5.26. The van der Waals surface area contributed by atoms with Crippen molar-refractivity contribution >= 4 is 16.6 Å². The molecule has 2 N–H and O–H groups in total. The molecule has 0 saturated carbocycles. The second-order valence-corrected chi connectivity index (χ2v) is 5.26. The Morgan fingerprint density at radius 3 is 2.89 bits per heavy atom. The number of nitrogens with two attached hydrogens (primary N) is 1. The van der Waals surface area contributed by atoms with E-state index in [1.807, 2.05) is 6.07 Å². The van der Waals surface area contributed by atoms with Crippen molar-refractivity contribution in [3.05, 3.63) is 35.0 Å². The van der Waals surface area contributed by atoms with Gasteiger partial charge in [0.2, 0.25) is 0 Å². The van der Waals surface area contributed by atoms with Gasteiger partial charge in [0, 0.05) is 16.8 Å². The zero-order chi connectivity index (χ0) is 12.5. The topological polar surface area (TPSA) is 38.9 Å². The van der Waals surface area contributed by atoms with Crippen LogP contribution in [0.1, 0.15) is 43.0 Å². The number of aromatic nitrogens is 1. The van der Waals surface area contributed by atoms with Crippen molar-refractivity contribution in [2.75, 3.05) is 5.73 Å². The highest BCUT2D eigenvalue weighted by Crippen LogP contribution is 2.31. The van der Waals surface area contributed by atoms with Crippen LogP contribution in [0, 0.1) is 0 Å². The quantitative estimate of drug-likeness (QED) is 0.870. The smallest absolute Gasteiger partial charge is 0.0760 e. The number of fused-ring (bicyclic) bond motifs is 3. The number of benzene rings is 1. The Bertz CT molecular complexity index is 587. The van der Waals surface area contributed by atoms with Crippen LogP contribution < -0.4 is 5.73 Å². The number of rotatable bonds is 2. The van der Waals surface area contributed by atoms with Crippen molar-refractivity contribution in [3.63, 3.8) is 0 Å². The summed E-state index contributed by atoms with van der Waals surface area (Å²) >= 11 is 0. The van der Waals surface area contributed by atoms with Gasteiger partial charge in [-0.15, -0.1) is 0 Å². The monoisotopic (exact) mass is 240 g/mol. The number of hydrogen-bond donors (Lipinski definition) is 1. The van der Waals surface area contributed by atoms with E-state index in [2.05, 4.69) is 19.1 Å². The molecular weight excluding hydrogens is 220 g/mol. The highest BCUT2D eigenvalue weighted by Gasteiger charge is 2.15. The maximum atomic E-state index is 6.18. The molecule has 2 heteroatoms. The van der Waals surface area contributed by atoms with E-state index in [9.17, 15) is 0 Å². The first-order valence-electron chi connectivity index (χ1n) is 6.99. The van der Waals surface area contributed by atoms with Crippen molar-refractivity contribution in [3.8, 4) is 0 Å². The number of anilines is 1. The SMILES string of the molecule is CCCc1cc(N)c2ccc3c(c2n1)CCCC3. The molecule has 1 aromatic carbocycles. The molecule has 18 heavy (non-hydrogen) atoms. The summed E-state index contributed by atoms with van der Waals surface area (Å²) in [5.74, 6) is 0. The summed E-state index contributed by atoms with van der Waals surface area (Å²) in [6.45, 7) is 2.18. The number of aryl methyl sites for hydroxylation is 3. The van der Waals surface area contributed by atoms with Gasteiger partial charge in [-0.05, 0) is 49.3 Å². The van der Waals surface area contributed by atoms with Gasteiger partial charge in [-0.1, -0.05) is 25.5 Å². The van der Waals surface area contributed by atoms with Gasteiger partial charge in [0.15, 0.2) is 0 Å². The molecule has 0 unspecified atom stereocenters. The molecular formula is C16H20N2. The molecule has 2 aromatic rings. The van der Waals surface area contributed by atoms with Crippen LogP contribution in [0.15, 0.2) is 18.2 Å². The molecule has 0 aliphatic heterocycles. The first-order valence-corrected chi connectivity index (χ1v) is 6.99. The van der Waals surface area contributed by atoms with Crippen molar-refractivity contribution in [1.82, 2.24) is 4.98 Å². The number of pyridine rings is 1. The van der Waals surface area contributed by atoms with Crippen LogP contribution in [0.3, 0.4) is 0 Å². The maximum absolute atomic E-state index is 6.18. The first-order chi connectivity index (χ1) is 8.79. The fraction of sp³-hybridized carbons (Fsp3) is 0.438. The minimum absolute atomic E-state index is 0.886. The van der Waals surface area contributed by atoms with Crippen LogP contribution in [-0.2, 0) is 19.3 Å². The van der Waals surface area contributed by atoms with Gasteiger partial charge in [-0.2, -0.15) is 0 Å². The van der Waals surface area contributed by atoms with Gasteiger partial charge in [0.25, 0.3) is 0 Å². The molecule has 1 aromatic heterocycles. The third-order valence-electron chi connectivity index (χ3n) is 3.90. The molecule has 1 heterocycles. The molecule has 0 fully saturated rings. The molecule has 0 amide bonds. The van der Waals surface area contributed by atoms with E-state index in [0.717, 1.165) is 41.5 Å². The summed E-state index contributed by atoms with van der Waals surface area (Å²) in [7, 11) is 0. The normalized spacial score (nSPS) is 14.7. The zero-order valence-corrected chi connectivity index (χ0v) is 11.0. The number of nitrogen functional groups attached to an aromatic ring is 1. The van der Waals surface area contributed by atoms with Gasteiger partial charge in [-0.3, -0.25) is 4.98 Å². The molecule has 3 rings (SSSR count). The largest absolute Gasteiger partial charge is 0.398 e. The van der Waals surface area contributed by atoms with E-state index in [0.29, 0.717) is 0 Å². The van der Waals surface area contributed by atoms with Gasteiger partial charge in [0.1, 0.15) is 0 Å². The molecule has 0 radical (unpaired) electrons. The molecule has 2 nitrogen and oxygen atoms in total. The van der Waals surface area contributed by atoms with Crippen LogP contribution in [0.5, 0.6) is 0 Å². The molecule has 1 aliphatic carbocycles. The molecule has 1 aliphatic rings. The van der Waals surface area contributed by atoms with Gasteiger partial charge in [-0.25, -0.2) is 0 Å². The predicted molar refractivity (Wildman–Crippen MR) is 76.8 cm³/mol. The zero-order valence-electron chi connectivity index (χ0n) is 11.0. The molecule has 0 atom stereocenters. The molecule has 0 bridgehead atoms. The lowest BCUT2D eigenvalue weighted by Gasteiger charge is -2.18. The Morgan fingerprint density at radius 1 is 1.22 bits per heavy atom. The number of nitrogens with zero attached hydrogens (tertiary/aromatic N) is 1. The van der Waals surface area contributed by atoms with E-state index in [1.165, 1.54) is 30.4 Å². The molecule has 0 spiro atoms. The summed E-state index contributed by atoms with van der Waals surface area (Å²) in [6.07, 6.45) is 7.09. The Labute approximate surface area is 108 Å². The third kappa shape index (κ3) is 1.86. The van der Waals surface area contributed by atoms with Crippen molar-refractivity contribution < 1.29 is 0 Å². The van der Waals surface area contributed by atoms with E-state index in [-0.39, 0.29) is 0 Å². The Balaban J connectivity index is 2.24. The summed E-state index contributed by atoms with van der Waals surface area (Å²) in [6, 6.07) is 6.44. The fourth-order valence-electron chi connectivity index (χ4n) is 2.99. The molecule has 94 valence electrons. The Kier molecular flexibility index (Phi) is 2.94. The van der Waals surface area contributed by atoms with Crippen LogP contribution in [-0.4, -0.2) is 4.98 Å². The Hall–Kier alpha value is -1.57. The minimum Gasteiger partial charge on any atom is -0.398 e. The average Bonchev–Trinajstić information content (AvgIpc) is 2.39. The Morgan fingerprint density at radius 2 is 2.06 bits per heavy atom. The average molecular weight is 240 g/mol. The first kappa shape index (κ1) is 11.5. The second kappa shape index (κ2) is 4.60. The summed E-state index contributed by atoms with van der Waals surface area (Å²) < 4.78 is 0. The van der Waals surface area contributed by atoms with Gasteiger partial charge in [0.05, 0.1) is 5.52 Å². The predicted octanol–water partition coefficient (Wildman–Crippen LogP) is 3.65. The highest BCUT2D eigenvalue weighted by atomic mass is 14.7. The van der Waals surface area contributed by atoms with Crippen LogP contribution >= 0.6 is 0 Å². The summed E-state index contributed by atoms with van der Waals surface area (Å²) in [5.41, 5.74) is 12.3. The van der Waals surface area contributed by atoms with Crippen molar-refractivity contribution in [2.24, 2.45) is 0 Å². The standard InChI is InChI=1S/C16H20N2/c1-2-5-12-10-15(17)14-9-8-11-6-3-4-7-13(11)16(14)18-12/h8-10H,2-7H2,1H3,(H2,17,18). The lowest BCUT2D eigenvalue weighted by atomic mass is 9.89. The van der Waals surface area contributed by atoms with E-state index in [1.54, 1.807) is 0 Å². The lowest BCUT2D eigenvalue weighted by molar-refractivity contribution is 0.688. The van der Waals surface area contributed by atoms with Crippen molar-refractivity contribution in [2.45, 2.75) is 45.4 Å². The van der Waals surface area contributed by atoms with E-state index >= 15 is 0 Å². The van der Waals surface area contributed by atoms with Crippen LogP contribution in [0.4, 0.5) is 5.69 Å². The van der Waals surface area contributed by atoms with Gasteiger partial charge < -0.3 is 5.73 Å². The fourth-order valence-corrected chi connectivity index (χ4v) is 2.99. The van der Waals surface area contributed by atoms with Gasteiger partial charge >= 0.3 is 0 Å². The summed E-state index contributed by atoms with van der Waals surface area (Å²) in [5, 5.41) is 1.13.